The van der Waals surface area contributed by atoms with Crippen LogP contribution < -0.4 is 5.32 Å². The lowest BCUT2D eigenvalue weighted by Crippen LogP contribution is -2.51. The Morgan fingerprint density at radius 3 is 3.00 bits per heavy atom. The Hall–Kier alpha value is -0.890. The summed E-state index contributed by atoms with van der Waals surface area (Å²) in [5.74, 6) is 1.10. The number of morpholine rings is 1. The summed E-state index contributed by atoms with van der Waals surface area (Å²) < 4.78 is 38.8. The molecule has 1 aliphatic heterocycles. The van der Waals surface area contributed by atoms with Gasteiger partial charge in [-0.05, 0) is 33.2 Å². The summed E-state index contributed by atoms with van der Waals surface area (Å²) in [5.41, 5.74) is 0. The van der Waals surface area contributed by atoms with Gasteiger partial charge in [0.1, 0.15) is 16.4 Å². The first-order valence-corrected chi connectivity index (χ1v) is 8.85. The minimum atomic E-state index is -3.51. The first-order chi connectivity index (χ1) is 10.0. The second-order valence-corrected chi connectivity index (χ2v) is 7.55. The molecule has 2 unspecified atom stereocenters. The van der Waals surface area contributed by atoms with Crippen LogP contribution in [0.4, 0.5) is 0 Å². The van der Waals surface area contributed by atoms with Crippen LogP contribution in [0.2, 0.25) is 0 Å². The Morgan fingerprint density at radius 1 is 1.43 bits per heavy atom. The second-order valence-electron chi connectivity index (χ2n) is 5.69. The van der Waals surface area contributed by atoms with Crippen LogP contribution in [0.5, 0.6) is 0 Å². The van der Waals surface area contributed by atoms with Crippen molar-refractivity contribution in [1.82, 2.24) is 9.62 Å². The third-order valence-corrected chi connectivity index (χ3v) is 6.32. The van der Waals surface area contributed by atoms with Crippen molar-refractivity contribution in [2.24, 2.45) is 0 Å². The number of hydrogen-bond donors (Lipinski definition) is 1. The molecule has 2 fully saturated rings. The van der Waals surface area contributed by atoms with Gasteiger partial charge < -0.3 is 14.5 Å². The molecule has 2 aliphatic rings. The number of ether oxygens (including phenoxy) is 1. The molecule has 0 bridgehead atoms. The van der Waals surface area contributed by atoms with E-state index >= 15 is 0 Å². The zero-order chi connectivity index (χ0) is 15.0. The summed E-state index contributed by atoms with van der Waals surface area (Å²) in [6.45, 7) is 3.13. The van der Waals surface area contributed by atoms with Crippen LogP contribution in [0.15, 0.2) is 15.4 Å². The van der Waals surface area contributed by atoms with E-state index < -0.39 is 10.0 Å². The molecule has 1 aromatic heterocycles. The van der Waals surface area contributed by atoms with Crippen molar-refractivity contribution in [2.45, 2.75) is 49.8 Å². The molecule has 0 aromatic carbocycles. The topological polar surface area (TPSA) is 71.8 Å². The molecule has 118 valence electrons. The molecule has 0 spiro atoms. The van der Waals surface area contributed by atoms with Crippen molar-refractivity contribution in [3.8, 4) is 0 Å². The van der Waals surface area contributed by atoms with E-state index in [2.05, 4.69) is 5.32 Å². The Kier molecular flexibility index (Phi) is 4.09. The van der Waals surface area contributed by atoms with Crippen LogP contribution in [0, 0.1) is 6.92 Å². The predicted octanol–water partition coefficient (Wildman–Crippen LogP) is 1.25. The molecular weight excluding hydrogens is 292 g/mol. The van der Waals surface area contributed by atoms with Crippen LogP contribution in [0.1, 0.15) is 30.8 Å². The van der Waals surface area contributed by atoms with Crippen molar-refractivity contribution < 1.29 is 17.6 Å². The molecule has 2 heterocycles. The van der Waals surface area contributed by atoms with E-state index in [9.17, 15) is 8.42 Å². The van der Waals surface area contributed by atoms with E-state index in [1.54, 1.807) is 24.3 Å². The highest BCUT2D eigenvalue weighted by Crippen LogP contribution is 2.34. The van der Waals surface area contributed by atoms with Gasteiger partial charge in [-0.3, -0.25) is 0 Å². The fourth-order valence-electron chi connectivity index (χ4n) is 3.36. The molecular formula is C14H22N2O4S. The Morgan fingerprint density at radius 2 is 2.24 bits per heavy atom. The molecule has 0 radical (unpaired) electrons. The molecule has 2 atom stereocenters. The minimum Gasteiger partial charge on any atom is -0.464 e. The summed E-state index contributed by atoms with van der Waals surface area (Å²) >= 11 is 0. The Labute approximate surface area is 125 Å². The van der Waals surface area contributed by atoms with E-state index in [1.165, 1.54) is 0 Å². The van der Waals surface area contributed by atoms with E-state index in [0.717, 1.165) is 19.3 Å². The summed E-state index contributed by atoms with van der Waals surface area (Å²) in [6, 6.07) is 1.62. The van der Waals surface area contributed by atoms with Gasteiger partial charge in [0.25, 0.3) is 0 Å². The summed E-state index contributed by atoms with van der Waals surface area (Å²) in [5, 5.41) is 2.97. The minimum absolute atomic E-state index is 0.0224. The molecule has 7 heteroatoms. The molecule has 1 saturated heterocycles. The number of aryl methyl sites for hydroxylation is 1. The lowest BCUT2D eigenvalue weighted by atomic mass is 10.2. The van der Waals surface area contributed by atoms with Crippen molar-refractivity contribution in [2.75, 3.05) is 20.2 Å². The molecule has 6 nitrogen and oxygen atoms in total. The van der Waals surface area contributed by atoms with Crippen LogP contribution in [-0.4, -0.2) is 45.1 Å². The molecule has 1 saturated carbocycles. The number of nitrogens with zero attached hydrogens (tertiary/aromatic N) is 1. The van der Waals surface area contributed by atoms with E-state index in [1.807, 2.05) is 0 Å². The monoisotopic (exact) mass is 314 g/mol. The van der Waals surface area contributed by atoms with Gasteiger partial charge in [0.15, 0.2) is 0 Å². The van der Waals surface area contributed by atoms with E-state index in [0.29, 0.717) is 36.1 Å². The van der Waals surface area contributed by atoms with Crippen molar-refractivity contribution in [1.29, 1.82) is 0 Å². The van der Waals surface area contributed by atoms with Crippen molar-refractivity contribution in [3.63, 3.8) is 0 Å². The summed E-state index contributed by atoms with van der Waals surface area (Å²) in [6.07, 6.45) is 2.91. The molecule has 0 amide bonds. The van der Waals surface area contributed by atoms with E-state index in [4.69, 9.17) is 9.15 Å². The maximum absolute atomic E-state index is 13.0. The number of rotatable bonds is 4. The second kappa shape index (κ2) is 5.72. The quantitative estimate of drug-likeness (QED) is 0.905. The maximum Gasteiger partial charge on any atom is 0.246 e. The standard InChI is InChI=1S/C14H22N2O4S/c1-10-14(8-11(20-10)9-15-2)21(17,18)16-6-7-19-13-5-3-4-12(13)16/h8,12-13,15H,3-7,9H2,1-2H3. The van der Waals surface area contributed by atoms with Gasteiger partial charge in [0.2, 0.25) is 10.0 Å². The van der Waals surface area contributed by atoms with Gasteiger partial charge in [0, 0.05) is 12.6 Å². The zero-order valence-corrected chi connectivity index (χ0v) is 13.3. The highest BCUT2D eigenvalue weighted by Gasteiger charge is 2.43. The Bertz CT molecular complexity index is 610. The lowest BCUT2D eigenvalue weighted by molar-refractivity contribution is -0.0242. The third-order valence-electron chi connectivity index (χ3n) is 4.29. The van der Waals surface area contributed by atoms with Crippen LogP contribution in [0.3, 0.4) is 0 Å². The predicted molar refractivity (Wildman–Crippen MR) is 77.5 cm³/mol. The average molecular weight is 314 g/mol. The smallest absolute Gasteiger partial charge is 0.246 e. The van der Waals surface area contributed by atoms with Crippen LogP contribution in [-0.2, 0) is 21.3 Å². The number of hydrogen-bond acceptors (Lipinski definition) is 5. The van der Waals surface area contributed by atoms with Crippen molar-refractivity contribution >= 4 is 10.0 Å². The molecule has 1 N–H and O–H groups in total. The van der Waals surface area contributed by atoms with Gasteiger partial charge in [-0.25, -0.2) is 8.42 Å². The summed E-state index contributed by atoms with van der Waals surface area (Å²) in [4.78, 5) is 0.292. The third kappa shape index (κ3) is 2.63. The van der Waals surface area contributed by atoms with Gasteiger partial charge in [-0.15, -0.1) is 0 Å². The van der Waals surface area contributed by atoms with E-state index in [-0.39, 0.29) is 12.1 Å². The van der Waals surface area contributed by atoms with Crippen molar-refractivity contribution in [3.05, 3.63) is 17.6 Å². The first-order valence-electron chi connectivity index (χ1n) is 7.41. The molecule has 21 heavy (non-hydrogen) atoms. The number of sulfonamides is 1. The SMILES string of the molecule is CNCc1cc(S(=O)(=O)N2CCOC3CCCC32)c(C)o1. The van der Waals surface area contributed by atoms with Gasteiger partial charge in [0.05, 0.1) is 25.3 Å². The normalized spacial score (nSPS) is 27.0. The zero-order valence-electron chi connectivity index (χ0n) is 12.5. The largest absolute Gasteiger partial charge is 0.464 e. The highest BCUT2D eigenvalue weighted by molar-refractivity contribution is 7.89. The number of nitrogens with one attached hydrogen (secondary N) is 1. The molecule has 3 rings (SSSR count). The first kappa shape index (κ1) is 15.0. The molecule has 1 aromatic rings. The summed E-state index contributed by atoms with van der Waals surface area (Å²) in [7, 11) is -1.71. The van der Waals surface area contributed by atoms with Crippen LogP contribution >= 0.6 is 0 Å². The van der Waals surface area contributed by atoms with Gasteiger partial charge in [-0.2, -0.15) is 4.31 Å². The van der Waals surface area contributed by atoms with Gasteiger partial charge >= 0.3 is 0 Å². The number of furan rings is 1. The highest BCUT2D eigenvalue weighted by atomic mass is 32.2. The average Bonchev–Trinajstić information content (AvgIpc) is 3.05. The fraction of sp³-hybridized carbons (Fsp3) is 0.714. The Balaban J connectivity index is 1.92. The van der Waals surface area contributed by atoms with Crippen LogP contribution in [0.25, 0.3) is 0 Å². The van der Waals surface area contributed by atoms with Gasteiger partial charge in [-0.1, -0.05) is 0 Å². The number of fused-ring (bicyclic) bond motifs is 1. The lowest BCUT2D eigenvalue weighted by Gasteiger charge is -2.36. The fourth-order valence-corrected chi connectivity index (χ4v) is 5.21. The molecule has 1 aliphatic carbocycles. The maximum atomic E-state index is 13.0.